The summed E-state index contributed by atoms with van der Waals surface area (Å²) >= 11 is 0. The van der Waals surface area contributed by atoms with Crippen LogP contribution in [0.4, 0.5) is 0 Å². The molecule has 0 unspecified atom stereocenters. The minimum atomic E-state index is -0.283. The Labute approximate surface area is 76.2 Å². The molecule has 13 heavy (non-hydrogen) atoms. The van der Waals surface area contributed by atoms with Crippen molar-refractivity contribution in [1.29, 1.82) is 0 Å². The van der Waals surface area contributed by atoms with Gasteiger partial charge in [0, 0.05) is 13.6 Å². The standard InChI is InChI=1S/C7H14N4O2/c1-11-7(3-9-10-11)2-8-6(4-12)5-13/h3,6,8,12-13H,2,4-5H2,1H3. The Kier molecular flexibility index (Phi) is 3.81. The van der Waals surface area contributed by atoms with E-state index in [2.05, 4.69) is 15.6 Å². The molecule has 1 rings (SSSR count). The first-order chi connectivity index (χ1) is 6.27. The first-order valence-electron chi connectivity index (χ1n) is 4.06. The van der Waals surface area contributed by atoms with E-state index in [4.69, 9.17) is 10.2 Å². The van der Waals surface area contributed by atoms with E-state index in [9.17, 15) is 0 Å². The maximum atomic E-state index is 8.76. The van der Waals surface area contributed by atoms with Crippen molar-refractivity contribution in [3.05, 3.63) is 11.9 Å². The van der Waals surface area contributed by atoms with Crippen LogP contribution >= 0.6 is 0 Å². The number of aliphatic hydroxyl groups excluding tert-OH is 2. The van der Waals surface area contributed by atoms with Gasteiger partial charge in [0.2, 0.25) is 0 Å². The third-order valence-corrected chi connectivity index (χ3v) is 1.82. The van der Waals surface area contributed by atoms with Crippen LogP contribution in [0.5, 0.6) is 0 Å². The Morgan fingerprint density at radius 3 is 2.69 bits per heavy atom. The second-order valence-electron chi connectivity index (χ2n) is 2.79. The van der Waals surface area contributed by atoms with Crippen LogP contribution in [0, 0.1) is 0 Å². The molecule has 74 valence electrons. The van der Waals surface area contributed by atoms with Crippen LogP contribution in [0.2, 0.25) is 0 Å². The molecular weight excluding hydrogens is 172 g/mol. The van der Waals surface area contributed by atoms with Crippen molar-refractivity contribution in [1.82, 2.24) is 20.3 Å². The van der Waals surface area contributed by atoms with Gasteiger partial charge in [-0.25, -0.2) is 0 Å². The van der Waals surface area contributed by atoms with Gasteiger partial charge in [0.05, 0.1) is 31.1 Å². The van der Waals surface area contributed by atoms with E-state index in [0.29, 0.717) is 6.54 Å². The summed E-state index contributed by atoms with van der Waals surface area (Å²) in [6.45, 7) is 0.374. The third kappa shape index (κ3) is 2.76. The summed E-state index contributed by atoms with van der Waals surface area (Å²) in [5.74, 6) is 0. The molecule has 0 saturated heterocycles. The van der Waals surface area contributed by atoms with Gasteiger partial charge in [0.1, 0.15) is 0 Å². The minimum Gasteiger partial charge on any atom is -0.395 e. The van der Waals surface area contributed by atoms with Crippen molar-refractivity contribution in [3.8, 4) is 0 Å². The Bertz CT molecular complexity index is 246. The van der Waals surface area contributed by atoms with Gasteiger partial charge in [-0.2, -0.15) is 0 Å². The summed E-state index contributed by atoms with van der Waals surface area (Å²) in [4.78, 5) is 0. The zero-order valence-corrected chi connectivity index (χ0v) is 7.51. The molecule has 0 atom stereocenters. The van der Waals surface area contributed by atoms with Gasteiger partial charge < -0.3 is 15.5 Å². The number of hydrogen-bond donors (Lipinski definition) is 3. The molecule has 1 heterocycles. The molecule has 0 spiro atoms. The SMILES string of the molecule is Cn1nncc1CNC(CO)CO. The summed E-state index contributed by atoms with van der Waals surface area (Å²) in [6.07, 6.45) is 1.64. The highest BCUT2D eigenvalue weighted by Gasteiger charge is 2.06. The number of nitrogens with zero attached hydrogens (tertiary/aromatic N) is 3. The molecule has 0 saturated carbocycles. The lowest BCUT2D eigenvalue weighted by molar-refractivity contribution is 0.169. The summed E-state index contributed by atoms with van der Waals surface area (Å²) in [7, 11) is 1.79. The van der Waals surface area contributed by atoms with Crippen molar-refractivity contribution in [2.75, 3.05) is 13.2 Å². The topological polar surface area (TPSA) is 83.2 Å². The van der Waals surface area contributed by atoms with E-state index >= 15 is 0 Å². The fourth-order valence-electron chi connectivity index (χ4n) is 0.907. The third-order valence-electron chi connectivity index (χ3n) is 1.82. The van der Waals surface area contributed by atoms with Crippen LogP contribution in [-0.4, -0.2) is 44.5 Å². The van der Waals surface area contributed by atoms with Crippen molar-refractivity contribution >= 4 is 0 Å². The lowest BCUT2D eigenvalue weighted by Gasteiger charge is -2.12. The van der Waals surface area contributed by atoms with Gasteiger partial charge in [0.25, 0.3) is 0 Å². The lowest BCUT2D eigenvalue weighted by Crippen LogP contribution is -2.35. The maximum Gasteiger partial charge on any atom is 0.0738 e. The Balaban J connectivity index is 2.38. The molecule has 0 bridgehead atoms. The Hall–Kier alpha value is -0.980. The molecule has 0 amide bonds. The van der Waals surface area contributed by atoms with E-state index < -0.39 is 0 Å². The van der Waals surface area contributed by atoms with Crippen LogP contribution in [0.25, 0.3) is 0 Å². The number of aromatic nitrogens is 3. The predicted octanol–water partition coefficient (Wildman–Crippen LogP) is -1.74. The fourth-order valence-corrected chi connectivity index (χ4v) is 0.907. The second-order valence-corrected chi connectivity index (χ2v) is 2.79. The van der Waals surface area contributed by atoms with Crippen molar-refractivity contribution in [3.63, 3.8) is 0 Å². The van der Waals surface area contributed by atoms with Crippen LogP contribution in [0.1, 0.15) is 5.69 Å². The van der Waals surface area contributed by atoms with Crippen LogP contribution in [0.3, 0.4) is 0 Å². The molecule has 1 aromatic heterocycles. The predicted molar refractivity (Wildman–Crippen MR) is 45.8 cm³/mol. The second kappa shape index (κ2) is 4.90. The van der Waals surface area contributed by atoms with E-state index in [0.717, 1.165) is 5.69 Å². The van der Waals surface area contributed by atoms with E-state index in [1.165, 1.54) is 0 Å². The molecule has 6 nitrogen and oxygen atoms in total. The van der Waals surface area contributed by atoms with Gasteiger partial charge in [-0.05, 0) is 0 Å². The highest BCUT2D eigenvalue weighted by molar-refractivity contribution is 4.92. The first-order valence-corrected chi connectivity index (χ1v) is 4.06. The summed E-state index contributed by atoms with van der Waals surface area (Å²) in [6, 6.07) is -0.283. The van der Waals surface area contributed by atoms with E-state index in [1.54, 1.807) is 17.9 Å². The molecule has 0 aliphatic heterocycles. The number of aliphatic hydroxyl groups is 2. The van der Waals surface area contributed by atoms with Gasteiger partial charge in [-0.3, -0.25) is 4.68 Å². The molecule has 1 aromatic rings. The van der Waals surface area contributed by atoms with Crippen molar-refractivity contribution in [2.45, 2.75) is 12.6 Å². The molecule has 0 aromatic carbocycles. The number of aryl methyl sites for hydroxylation is 1. The van der Waals surface area contributed by atoms with E-state index in [1.807, 2.05) is 0 Å². The van der Waals surface area contributed by atoms with Gasteiger partial charge in [-0.1, -0.05) is 5.21 Å². The molecule has 3 N–H and O–H groups in total. The monoisotopic (exact) mass is 186 g/mol. The molecule has 0 fully saturated rings. The number of nitrogens with one attached hydrogen (secondary N) is 1. The molecule has 0 aliphatic rings. The minimum absolute atomic E-state index is 0.0816. The summed E-state index contributed by atoms with van der Waals surface area (Å²) in [5.41, 5.74) is 0.909. The lowest BCUT2D eigenvalue weighted by atomic mass is 10.3. The molecule has 0 aliphatic carbocycles. The maximum absolute atomic E-state index is 8.76. The van der Waals surface area contributed by atoms with Crippen LogP contribution < -0.4 is 5.32 Å². The zero-order chi connectivity index (χ0) is 9.68. The smallest absolute Gasteiger partial charge is 0.0738 e. The van der Waals surface area contributed by atoms with Crippen LogP contribution in [-0.2, 0) is 13.6 Å². The molecular formula is C7H14N4O2. The van der Waals surface area contributed by atoms with Crippen molar-refractivity contribution in [2.24, 2.45) is 7.05 Å². The number of rotatable bonds is 5. The average molecular weight is 186 g/mol. The summed E-state index contributed by atoms with van der Waals surface area (Å²) in [5, 5.41) is 27.9. The Morgan fingerprint density at radius 1 is 1.54 bits per heavy atom. The van der Waals surface area contributed by atoms with Gasteiger partial charge in [0.15, 0.2) is 0 Å². The highest BCUT2D eigenvalue weighted by atomic mass is 16.3. The molecule has 0 radical (unpaired) electrons. The highest BCUT2D eigenvalue weighted by Crippen LogP contribution is 1.93. The summed E-state index contributed by atoms with van der Waals surface area (Å²) < 4.78 is 1.64. The van der Waals surface area contributed by atoms with Gasteiger partial charge in [-0.15, -0.1) is 5.10 Å². The fraction of sp³-hybridized carbons (Fsp3) is 0.714. The largest absolute Gasteiger partial charge is 0.395 e. The van der Waals surface area contributed by atoms with Crippen LogP contribution in [0.15, 0.2) is 6.20 Å². The zero-order valence-electron chi connectivity index (χ0n) is 7.51. The van der Waals surface area contributed by atoms with Crippen molar-refractivity contribution < 1.29 is 10.2 Å². The quantitative estimate of drug-likeness (QED) is 0.508. The number of hydrogen-bond acceptors (Lipinski definition) is 5. The average Bonchev–Trinajstić information content (AvgIpc) is 2.54. The normalized spacial score (nSPS) is 11.1. The van der Waals surface area contributed by atoms with E-state index in [-0.39, 0.29) is 19.3 Å². The van der Waals surface area contributed by atoms with Gasteiger partial charge >= 0.3 is 0 Å². The Morgan fingerprint density at radius 2 is 2.23 bits per heavy atom. The first kappa shape index (κ1) is 10.1. The molecule has 6 heteroatoms.